The Bertz CT molecular complexity index is 485. The lowest BCUT2D eigenvalue weighted by atomic mass is 9.83. The number of H-pyrrole nitrogens is 1. The Kier molecular flexibility index (Phi) is 5.17. The van der Waals surface area contributed by atoms with E-state index in [0.717, 1.165) is 31.0 Å². The molecule has 1 heterocycles. The highest BCUT2D eigenvalue weighted by Crippen LogP contribution is 2.30. The zero-order valence-electron chi connectivity index (χ0n) is 12.6. The molecule has 1 aliphatic rings. The van der Waals surface area contributed by atoms with Crippen LogP contribution in [0.25, 0.3) is 0 Å². The molecule has 0 bridgehead atoms. The Morgan fingerprint density at radius 3 is 2.80 bits per heavy atom. The normalized spacial score (nSPS) is 22.8. The molecule has 112 valence electrons. The number of rotatable bonds is 5. The number of aromatic amines is 1. The highest BCUT2D eigenvalue weighted by Gasteiger charge is 2.29. The molecule has 0 amide bonds. The minimum atomic E-state index is -0.0644. The van der Waals surface area contributed by atoms with Gasteiger partial charge in [0.05, 0.1) is 0 Å². The number of aromatic nitrogens is 2. The molecule has 2 unspecified atom stereocenters. The van der Waals surface area contributed by atoms with Crippen molar-refractivity contribution in [3.8, 4) is 0 Å². The van der Waals surface area contributed by atoms with Gasteiger partial charge in [-0.25, -0.2) is 4.98 Å². The summed E-state index contributed by atoms with van der Waals surface area (Å²) in [5.74, 6) is 2.07. The van der Waals surface area contributed by atoms with E-state index in [1.54, 1.807) is 6.07 Å². The van der Waals surface area contributed by atoms with Crippen LogP contribution in [0.2, 0.25) is 0 Å². The van der Waals surface area contributed by atoms with E-state index in [1.807, 2.05) is 6.92 Å². The van der Waals surface area contributed by atoms with E-state index < -0.39 is 0 Å². The monoisotopic (exact) mass is 278 g/mol. The molecule has 1 fully saturated rings. The lowest BCUT2D eigenvalue weighted by molar-refractivity contribution is 0.299. The van der Waals surface area contributed by atoms with Crippen LogP contribution in [0.3, 0.4) is 0 Å². The second-order valence-corrected chi connectivity index (χ2v) is 5.54. The van der Waals surface area contributed by atoms with Crippen LogP contribution in [-0.2, 0) is 6.42 Å². The summed E-state index contributed by atoms with van der Waals surface area (Å²) in [6.45, 7) is 5.70. The maximum absolute atomic E-state index is 11.8. The lowest BCUT2D eigenvalue weighted by Crippen LogP contribution is -2.46. The van der Waals surface area contributed by atoms with Gasteiger partial charge in [-0.15, -0.1) is 0 Å². The van der Waals surface area contributed by atoms with Gasteiger partial charge in [0.25, 0.3) is 5.56 Å². The standard InChI is InChI=1S/C15H26N4O/c1-3-13-17-14(9-15(20)18-13)19(4-2)12-8-6-5-7-11(12)10-16/h9,11-12H,3-8,10,16H2,1-2H3,(H,17,18,20). The summed E-state index contributed by atoms with van der Waals surface area (Å²) in [6.07, 6.45) is 5.57. The molecule has 0 radical (unpaired) electrons. The number of aryl methyl sites for hydroxylation is 1. The maximum Gasteiger partial charge on any atom is 0.252 e. The molecule has 0 saturated heterocycles. The third kappa shape index (κ3) is 3.20. The first-order chi connectivity index (χ1) is 9.69. The highest BCUT2D eigenvalue weighted by molar-refractivity contribution is 5.39. The summed E-state index contributed by atoms with van der Waals surface area (Å²) in [6, 6.07) is 2.03. The van der Waals surface area contributed by atoms with Gasteiger partial charge in [-0.3, -0.25) is 4.79 Å². The fourth-order valence-corrected chi connectivity index (χ4v) is 3.25. The smallest absolute Gasteiger partial charge is 0.252 e. The van der Waals surface area contributed by atoms with Gasteiger partial charge in [-0.05, 0) is 32.2 Å². The predicted octanol–water partition coefficient (Wildman–Crippen LogP) is 1.68. The fraction of sp³-hybridized carbons (Fsp3) is 0.733. The van der Waals surface area contributed by atoms with Gasteiger partial charge in [0.1, 0.15) is 11.6 Å². The number of nitrogens with one attached hydrogen (secondary N) is 1. The van der Waals surface area contributed by atoms with Gasteiger partial charge in [-0.2, -0.15) is 0 Å². The summed E-state index contributed by atoms with van der Waals surface area (Å²) in [5.41, 5.74) is 5.87. The molecule has 1 aliphatic carbocycles. The molecule has 1 aromatic rings. The molecule has 5 nitrogen and oxygen atoms in total. The predicted molar refractivity (Wildman–Crippen MR) is 82.1 cm³/mol. The molecular formula is C15H26N4O. The van der Waals surface area contributed by atoms with Crippen LogP contribution in [0.1, 0.15) is 45.4 Å². The van der Waals surface area contributed by atoms with E-state index in [-0.39, 0.29) is 5.56 Å². The minimum Gasteiger partial charge on any atom is -0.353 e. The van der Waals surface area contributed by atoms with Crippen molar-refractivity contribution in [3.63, 3.8) is 0 Å². The van der Waals surface area contributed by atoms with E-state index in [0.29, 0.717) is 18.5 Å². The molecule has 20 heavy (non-hydrogen) atoms. The number of hydrogen-bond acceptors (Lipinski definition) is 4. The van der Waals surface area contributed by atoms with Crippen molar-refractivity contribution in [1.82, 2.24) is 9.97 Å². The van der Waals surface area contributed by atoms with E-state index in [1.165, 1.54) is 19.3 Å². The molecule has 0 aromatic carbocycles. The van der Waals surface area contributed by atoms with E-state index >= 15 is 0 Å². The van der Waals surface area contributed by atoms with Crippen molar-refractivity contribution in [2.45, 2.75) is 52.0 Å². The van der Waals surface area contributed by atoms with Crippen LogP contribution in [0.5, 0.6) is 0 Å². The Morgan fingerprint density at radius 2 is 2.15 bits per heavy atom. The van der Waals surface area contributed by atoms with Gasteiger partial charge in [0.2, 0.25) is 0 Å². The molecular weight excluding hydrogens is 252 g/mol. The van der Waals surface area contributed by atoms with Crippen LogP contribution in [0, 0.1) is 5.92 Å². The lowest BCUT2D eigenvalue weighted by Gasteiger charge is -2.40. The van der Waals surface area contributed by atoms with Crippen molar-refractivity contribution in [3.05, 3.63) is 22.2 Å². The van der Waals surface area contributed by atoms with Crippen LogP contribution >= 0.6 is 0 Å². The molecule has 3 N–H and O–H groups in total. The first-order valence-electron chi connectivity index (χ1n) is 7.76. The molecule has 2 rings (SSSR count). The number of nitrogens with zero attached hydrogens (tertiary/aromatic N) is 2. The summed E-state index contributed by atoms with van der Waals surface area (Å²) in [4.78, 5) is 21.4. The first kappa shape index (κ1) is 15.0. The third-order valence-corrected chi connectivity index (χ3v) is 4.32. The Morgan fingerprint density at radius 1 is 1.40 bits per heavy atom. The van der Waals surface area contributed by atoms with E-state index in [9.17, 15) is 4.79 Å². The second-order valence-electron chi connectivity index (χ2n) is 5.54. The topological polar surface area (TPSA) is 75.0 Å². The molecule has 5 heteroatoms. The molecule has 2 atom stereocenters. The molecule has 0 aliphatic heterocycles. The first-order valence-corrected chi connectivity index (χ1v) is 7.76. The third-order valence-electron chi connectivity index (χ3n) is 4.32. The van der Waals surface area contributed by atoms with Crippen molar-refractivity contribution in [2.75, 3.05) is 18.0 Å². The molecule has 1 aromatic heterocycles. The number of nitrogens with two attached hydrogens (primary N) is 1. The number of anilines is 1. The quantitative estimate of drug-likeness (QED) is 0.859. The zero-order chi connectivity index (χ0) is 14.5. The average molecular weight is 278 g/mol. The van der Waals surface area contributed by atoms with Crippen LogP contribution in [0.4, 0.5) is 5.82 Å². The van der Waals surface area contributed by atoms with Gasteiger partial charge < -0.3 is 15.6 Å². The van der Waals surface area contributed by atoms with Crippen LogP contribution < -0.4 is 16.2 Å². The summed E-state index contributed by atoms with van der Waals surface area (Å²) in [7, 11) is 0. The Balaban J connectivity index is 2.31. The van der Waals surface area contributed by atoms with Gasteiger partial charge in [0.15, 0.2) is 0 Å². The Hall–Kier alpha value is -1.36. The van der Waals surface area contributed by atoms with Gasteiger partial charge in [-0.1, -0.05) is 19.8 Å². The summed E-state index contributed by atoms with van der Waals surface area (Å²) < 4.78 is 0. The van der Waals surface area contributed by atoms with Crippen LogP contribution in [-0.4, -0.2) is 29.1 Å². The Labute approximate surface area is 120 Å². The largest absolute Gasteiger partial charge is 0.353 e. The zero-order valence-corrected chi connectivity index (χ0v) is 12.6. The molecule has 1 saturated carbocycles. The van der Waals surface area contributed by atoms with Crippen molar-refractivity contribution in [2.24, 2.45) is 11.7 Å². The summed E-state index contributed by atoms with van der Waals surface area (Å²) >= 11 is 0. The minimum absolute atomic E-state index is 0.0644. The second kappa shape index (κ2) is 6.88. The van der Waals surface area contributed by atoms with Crippen LogP contribution in [0.15, 0.2) is 10.9 Å². The average Bonchev–Trinajstić information content (AvgIpc) is 2.48. The van der Waals surface area contributed by atoms with E-state index in [2.05, 4.69) is 21.8 Å². The number of hydrogen-bond donors (Lipinski definition) is 2. The van der Waals surface area contributed by atoms with E-state index in [4.69, 9.17) is 5.73 Å². The maximum atomic E-state index is 11.8. The summed E-state index contributed by atoms with van der Waals surface area (Å²) in [5, 5.41) is 0. The van der Waals surface area contributed by atoms with Crippen molar-refractivity contribution in [1.29, 1.82) is 0 Å². The SMILES string of the molecule is CCc1nc(N(CC)C2CCCCC2CN)cc(=O)[nH]1. The fourth-order valence-electron chi connectivity index (χ4n) is 3.25. The molecule has 0 spiro atoms. The van der Waals surface area contributed by atoms with Crippen molar-refractivity contribution >= 4 is 5.82 Å². The van der Waals surface area contributed by atoms with Gasteiger partial charge in [0, 0.05) is 25.1 Å². The van der Waals surface area contributed by atoms with Crippen molar-refractivity contribution < 1.29 is 0 Å². The van der Waals surface area contributed by atoms with Gasteiger partial charge >= 0.3 is 0 Å². The highest BCUT2D eigenvalue weighted by atomic mass is 16.1.